The zero-order chi connectivity index (χ0) is 19.8. The molecule has 1 heterocycles. The van der Waals surface area contributed by atoms with Gasteiger partial charge in [-0.1, -0.05) is 88.9 Å². The van der Waals surface area contributed by atoms with Crippen LogP contribution >= 0.6 is 46.4 Å². The predicted octanol–water partition coefficient (Wildman–Crippen LogP) is 8.13. The lowest BCUT2D eigenvalue weighted by molar-refractivity contribution is 0.891. The van der Waals surface area contributed by atoms with Crippen molar-refractivity contribution >= 4 is 46.4 Å². The smallest absolute Gasteiger partial charge is 0.114 e. The van der Waals surface area contributed by atoms with Crippen molar-refractivity contribution in [3.63, 3.8) is 0 Å². The van der Waals surface area contributed by atoms with Gasteiger partial charge in [0.25, 0.3) is 0 Å². The molecule has 0 aliphatic carbocycles. The Morgan fingerprint density at radius 1 is 0.714 bits per heavy atom. The zero-order valence-corrected chi connectivity index (χ0v) is 17.8. The van der Waals surface area contributed by atoms with E-state index in [1.807, 2.05) is 73.7 Å². The molecule has 2 nitrogen and oxygen atoms in total. The van der Waals surface area contributed by atoms with E-state index in [2.05, 4.69) is 0 Å². The summed E-state index contributed by atoms with van der Waals surface area (Å²) in [6.45, 7) is 1.95. The quantitative estimate of drug-likeness (QED) is 0.310. The lowest BCUT2D eigenvalue weighted by Gasteiger charge is -2.10. The second-order valence-electron chi connectivity index (χ2n) is 6.32. The maximum absolute atomic E-state index is 6.83. The largest absolute Gasteiger partial charge is 0.231 e. The standard InChI is InChI=1S/C22H14Cl4N2/c1-13-10-11-14(12-19(13)25)28-22(16-7-3-5-9-18(16)24)20(26)21(27-28)15-6-2-4-8-17(15)23/h2-12H,1H3. The molecule has 1 aromatic heterocycles. The summed E-state index contributed by atoms with van der Waals surface area (Å²) in [5, 5.41) is 7.05. The minimum atomic E-state index is 0.470. The Morgan fingerprint density at radius 2 is 1.32 bits per heavy atom. The fourth-order valence-electron chi connectivity index (χ4n) is 3.01. The van der Waals surface area contributed by atoms with Crippen molar-refractivity contribution in [3.8, 4) is 28.2 Å². The Morgan fingerprint density at radius 3 is 1.93 bits per heavy atom. The molecule has 0 bridgehead atoms. The van der Waals surface area contributed by atoms with Gasteiger partial charge in [0, 0.05) is 16.1 Å². The number of benzene rings is 3. The van der Waals surface area contributed by atoms with E-state index in [0.29, 0.717) is 31.5 Å². The number of aryl methyl sites for hydroxylation is 1. The molecule has 0 spiro atoms. The molecule has 6 heteroatoms. The van der Waals surface area contributed by atoms with Crippen LogP contribution in [0.15, 0.2) is 66.7 Å². The van der Waals surface area contributed by atoms with Crippen LogP contribution in [0.25, 0.3) is 28.2 Å². The first-order valence-corrected chi connectivity index (χ1v) is 10.0. The van der Waals surface area contributed by atoms with Crippen molar-refractivity contribution in [1.82, 2.24) is 9.78 Å². The maximum Gasteiger partial charge on any atom is 0.114 e. The summed E-state index contributed by atoms with van der Waals surface area (Å²) in [6, 6.07) is 20.7. The molecule has 4 aromatic rings. The highest BCUT2D eigenvalue weighted by molar-refractivity contribution is 6.39. The Hall–Kier alpha value is -1.97. The van der Waals surface area contributed by atoms with Gasteiger partial charge in [0.15, 0.2) is 0 Å². The van der Waals surface area contributed by atoms with E-state index in [0.717, 1.165) is 22.4 Å². The van der Waals surface area contributed by atoms with Crippen LogP contribution in [0.1, 0.15) is 5.56 Å². The van der Waals surface area contributed by atoms with Crippen molar-refractivity contribution in [1.29, 1.82) is 0 Å². The highest BCUT2D eigenvalue weighted by Crippen LogP contribution is 2.42. The topological polar surface area (TPSA) is 17.8 Å². The van der Waals surface area contributed by atoms with Gasteiger partial charge >= 0.3 is 0 Å². The van der Waals surface area contributed by atoms with Crippen LogP contribution in [0.2, 0.25) is 20.1 Å². The van der Waals surface area contributed by atoms with E-state index < -0.39 is 0 Å². The number of hydrogen-bond acceptors (Lipinski definition) is 1. The summed E-state index contributed by atoms with van der Waals surface area (Å²) >= 11 is 26.1. The van der Waals surface area contributed by atoms with E-state index >= 15 is 0 Å². The number of rotatable bonds is 3. The lowest BCUT2D eigenvalue weighted by atomic mass is 10.1. The molecule has 0 saturated heterocycles. The van der Waals surface area contributed by atoms with Gasteiger partial charge in [-0.05, 0) is 36.8 Å². The molecule has 0 radical (unpaired) electrons. The summed E-state index contributed by atoms with van der Waals surface area (Å²) < 4.78 is 1.76. The average Bonchev–Trinajstić information content (AvgIpc) is 3.02. The van der Waals surface area contributed by atoms with Gasteiger partial charge in [0.1, 0.15) is 5.69 Å². The van der Waals surface area contributed by atoms with Crippen LogP contribution in [0.3, 0.4) is 0 Å². The molecule has 0 atom stereocenters. The first kappa shape index (κ1) is 19.4. The fourth-order valence-corrected chi connectivity index (χ4v) is 3.96. The molecular formula is C22H14Cl4N2. The van der Waals surface area contributed by atoms with Crippen molar-refractivity contribution in [2.24, 2.45) is 0 Å². The number of aromatic nitrogens is 2. The molecule has 0 N–H and O–H groups in total. The van der Waals surface area contributed by atoms with E-state index in [9.17, 15) is 0 Å². The Kier molecular flexibility index (Phi) is 5.39. The van der Waals surface area contributed by atoms with Crippen molar-refractivity contribution in [2.45, 2.75) is 6.92 Å². The predicted molar refractivity (Wildman–Crippen MR) is 119 cm³/mol. The first-order valence-electron chi connectivity index (χ1n) is 8.52. The minimum Gasteiger partial charge on any atom is -0.231 e. The van der Waals surface area contributed by atoms with Crippen LogP contribution in [0.5, 0.6) is 0 Å². The number of hydrogen-bond donors (Lipinski definition) is 0. The van der Waals surface area contributed by atoms with Gasteiger partial charge in [-0.2, -0.15) is 5.10 Å². The molecule has 0 amide bonds. The van der Waals surface area contributed by atoms with E-state index in [1.165, 1.54) is 0 Å². The lowest BCUT2D eigenvalue weighted by Crippen LogP contribution is -2.00. The summed E-state index contributed by atoms with van der Waals surface area (Å²) in [5.41, 5.74) is 4.55. The van der Waals surface area contributed by atoms with Gasteiger partial charge in [0.2, 0.25) is 0 Å². The molecule has 140 valence electrons. The summed E-state index contributed by atoms with van der Waals surface area (Å²) in [5.74, 6) is 0. The SMILES string of the molecule is Cc1ccc(-n2nc(-c3ccccc3Cl)c(Cl)c2-c2ccccc2Cl)cc1Cl. The van der Waals surface area contributed by atoms with E-state index in [-0.39, 0.29) is 0 Å². The molecule has 0 unspecified atom stereocenters. The van der Waals surface area contributed by atoms with Crippen LogP contribution in [-0.4, -0.2) is 9.78 Å². The highest BCUT2D eigenvalue weighted by Gasteiger charge is 2.23. The van der Waals surface area contributed by atoms with Crippen molar-refractivity contribution in [3.05, 3.63) is 92.4 Å². The van der Waals surface area contributed by atoms with Gasteiger partial charge in [-0.3, -0.25) is 0 Å². The van der Waals surface area contributed by atoms with Gasteiger partial charge in [-0.15, -0.1) is 0 Å². The third-order valence-corrected chi connectivity index (χ3v) is 5.91. The number of nitrogens with zero attached hydrogens (tertiary/aromatic N) is 2. The summed E-state index contributed by atoms with van der Waals surface area (Å²) in [7, 11) is 0. The molecule has 0 saturated carbocycles. The maximum atomic E-state index is 6.83. The second kappa shape index (κ2) is 7.81. The molecule has 0 aliphatic rings. The van der Waals surface area contributed by atoms with Crippen molar-refractivity contribution in [2.75, 3.05) is 0 Å². The first-order chi connectivity index (χ1) is 13.5. The van der Waals surface area contributed by atoms with Gasteiger partial charge in [0.05, 0.1) is 26.4 Å². The Balaban J connectivity index is 2.04. The third-order valence-electron chi connectivity index (χ3n) is 4.49. The molecule has 28 heavy (non-hydrogen) atoms. The van der Waals surface area contributed by atoms with Crippen LogP contribution in [-0.2, 0) is 0 Å². The van der Waals surface area contributed by atoms with Crippen molar-refractivity contribution < 1.29 is 0 Å². The molecule has 4 rings (SSSR count). The Bertz CT molecular complexity index is 1180. The Labute approximate surface area is 183 Å². The molecule has 3 aromatic carbocycles. The molecular weight excluding hydrogens is 434 g/mol. The van der Waals surface area contributed by atoms with E-state index in [1.54, 1.807) is 4.68 Å². The van der Waals surface area contributed by atoms with Gasteiger partial charge in [-0.25, -0.2) is 4.68 Å². The summed E-state index contributed by atoms with van der Waals surface area (Å²) in [4.78, 5) is 0. The average molecular weight is 448 g/mol. The zero-order valence-electron chi connectivity index (χ0n) is 14.8. The molecule has 0 fully saturated rings. The summed E-state index contributed by atoms with van der Waals surface area (Å²) in [6.07, 6.45) is 0. The normalized spacial score (nSPS) is 11.0. The molecule has 0 aliphatic heterocycles. The van der Waals surface area contributed by atoms with Crippen LogP contribution in [0, 0.1) is 6.92 Å². The highest BCUT2D eigenvalue weighted by atomic mass is 35.5. The third kappa shape index (κ3) is 3.42. The minimum absolute atomic E-state index is 0.470. The monoisotopic (exact) mass is 446 g/mol. The fraction of sp³-hybridized carbons (Fsp3) is 0.0455. The second-order valence-corrected chi connectivity index (χ2v) is 7.92. The van der Waals surface area contributed by atoms with Crippen LogP contribution < -0.4 is 0 Å². The van der Waals surface area contributed by atoms with Gasteiger partial charge < -0.3 is 0 Å². The number of halogens is 4. The van der Waals surface area contributed by atoms with Crippen LogP contribution in [0.4, 0.5) is 0 Å². The van der Waals surface area contributed by atoms with E-state index in [4.69, 9.17) is 51.5 Å².